The van der Waals surface area contributed by atoms with E-state index in [2.05, 4.69) is 10.6 Å². The number of carboxylic acids is 1. The minimum Gasteiger partial charge on any atom is -0.477 e. The van der Waals surface area contributed by atoms with Crippen molar-refractivity contribution in [2.75, 3.05) is 24.8 Å². The number of aliphatic carboxylic acids is 1. The van der Waals surface area contributed by atoms with Gasteiger partial charge in [-0.25, -0.2) is 9.59 Å². The number of nitrogens with two attached hydrogens (primary N) is 2. The highest BCUT2D eigenvalue weighted by Crippen LogP contribution is 2.40. The number of benzene rings is 1. The van der Waals surface area contributed by atoms with Gasteiger partial charge in [0, 0.05) is 18.6 Å². The lowest BCUT2D eigenvalue weighted by Crippen LogP contribution is -2.71. The Morgan fingerprint density at radius 3 is 2.77 bits per heavy atom. The summed E-state index contributed by atoms with van der Waals surface area (Å²) in [6, 6.07) is 3.54. The number of nitrogens with zero attached hydrogens (tertiary/aromatic N) is 1. The smallest absolute Gasteiger partial charge is 0.352 e. The number of amides is 4. The van der Waals surface area contributed by atoms with Crippen LogP contribution in [0.3, 0.4) is 0 Å². The Bertz CT molecular complexity index is 935. The van der Waals surface area contributed by atoms with Crippen LogP contribution in [-0.2, 0) is 19.1 Å². The number of urea groups is 1. The van der Waals surface area contributed by atoms with E-state index in [0.717, 1.165) is 0 Å². The third kappa shape index (κ3) is 4.10. The van der Waals surface area contributed by atoms with Crippen molar-refractivity contribution in [3.8, 4) is 0 Å². The van der Waals surface area contributed by atoms with Gasteiger partial charge in [0.25, 0.3) is 5.91 Å². The molecule has 0 saturated carbocycles. The Morgan fingerprint density at radius 2 is 2.13 bits per heavy atom. The third-order valence-corrected chi connectivity index (χ3v) is 6.00. The number of carboxylic acid groups (broad SMARTS) is 1. The Morgan fingerprint density at radius 1 is 1.40 bits per heavy atom. The molecule has 2 heterocycles. The lowest BCUT2D eigenvalue weighted by atomic mass is 10.0. The summed E-state index contributed by atoms with van der Waals surface area (Å²) in [6.45, 7) is 0.0999. The number of carbonyl (C=O) groups excluding carboxylic acids is 3. The number of thioether (sulfide) groups is 1. The van der Waals surface area contributed by atoms with Crippen molar-refractivity contribution >= 4 is 41.3 Å². The first kappa shape index (κ1) is 21.6. The number of primary amides is 1. The predicted molar refractivity (Wildman–Crippen MR) is 108 cm³/mol. The maximum absolute atomic E-state index is 12.6. The standard InChI is InChI=1S/C18H21N5O6S/c1-29-6-9-7-30-16-12(15(25)23(16)13(9)17(26)27)22-14(24)11(19)8-3-2-4-10(5-8)21-18(20)28/h2-5,11-12,16H,6-7,19H2,1H3,(H,22,24)(H,26,27)(H3,20,21,28)/t11?,12?,16-/m1/s1. The second kappa shape index (κ2) is 8.73. The van der Waals surface area contributed by atoms with Crippen molar-refractivity contribution in [2.45, 2.75) is 17.5 Å². The summed E-state index contributed by atoms with van der Waals surface area (Å²) in [6.07, 6.45) is 0. The van der Waals surface area contributed by atoms with Gasteiger partial charge in [0.05, 0.1) is 6.61 Å². The van der Waals surface area contributed by atoms with Crippen molar-refractivity contribution < 1.29 is 29.0 Å². The molecule has 2 aliphatic heterocycles. The topological polar surface area (TPSA) is 177 Å². The first-order chi connectivity index (χ1) is 14.2. The van der Waals surface area contributed by atoms with E-state index in [4.69, 9.17) is 16.2 Å². The first-order valence-corrected chi connectivity index (χ1v) is 9.90. The Hall–Kier alpha value is -3.09. The van der Waals surface area contributed by atoms with E-state index in [1.807, 2.05) is 0 Å². The molecule has 0 aromatic heterocycles. The highest BCUT2D eigenvalue weighted by atomic mass is 32.2. The lowest BCUT2D eigenvalue weighted by molar-refractivity contribution is -0.151. The van der Waals surface area contributed by atoms with E-state index in [9.17, 15) is 24.3 Å². The Kier molecular flexibility index (Phi) is 6.29. The molecule has 7 N–H and O–H groups in total. The number of carbonyl (C=O) groups is 4. The van der Waals surface area contributed by atoms with E-state index in [-0.39, 0.29) is 12.3 Å². The van der Waals surface area contributed by atoms with Crippen molar-refractivity contribution in [1.82, 2.24) is 10.2 Å². The van der Waals surface area contributed by atoms with E-state index in [0.29, 0.717) is 22.6 Å². The van der Waals surface area contributed by atoms with Gasteiger partial charge in [-0.2, -0.15) is 0 Å². The number of hydrogen-bond donors (Lipinski definition) is 5. The van der Waals surface area contributed by atoms with Gasteiger partial charge >= 0.3 is 12.0 Å². The Labute approximate surface area is 175 Å². The van der Waals surface area contributed by atoms with Gasteiger partial charge in [0.2, 0.25) is 5.91 Å². The number of nitrogens with one attached hydrogen (secondary N) is 2. The molecule has 3 rings (SSSR count). The molecule has 2 unspecified atom stereocenters. The molecule has 2 aliphatic rings. The average Bonchev–Trinajstić information content (AvgIpc) is 2.70. The summed E-state index contributed by atoms with van der Waals surface area (Å²) < 4.78 is 5.02. The van der Waals surface area contributed by atoms with Crippen molar-refractivity contribution in [3.63, 3.8) is 0 Å². The molecule has 30 heavy (non-hydrogen) atoms. The first-order valence-electron chi connectivity index (χ1n) is 8.86. The zero-order valence-corrected chi connectivity index (χ0v) is 16.8. The van der Waals surface area contributed by atoms with Gasteiger partial charge < -0.3 is 31.9 Å². The van der Waals surface area contributed by atoms with Crippen LogP contribution in [0, 0.1) is 0 Å². The molecule has 1 fully saturated rings. The second-order valence-corrected chi connectivity index (χ2v) is 7.78. The fourth-order valence-electron chi connectivity index (χ4n) is 3.32. The largest absolute Gasteiger partial charge is 0.477 e. The van der Waals surface area contributed by atoms with E-state index >= 15 is 0 Å². The van der Waals surface area contributed by atoms with Crippen LogP contribution in [0.4, 0.5) is 10.5 Å². The maximum atomic E-state index is 12.6. The van der Waals surface area contributed by atoms with Crippen molar-refractivity contribution in [2.24, 2.45) is 11.5 Å². The van der Waals surface area contributed by atoms with E-state index < -0.39 is 41.3 Å². The molecule has 0 spiro atoms. The molecule has 0 bridgehead atoms. The maximum Gasteiger partial charge on any atom is 0.352 e. The molecule has 4 amide bonds. The van der Waals surface area contributed by atoms with Crippen LogP contribution in [-0.4, -0.2) is 64.7 Å². The SMILES string of the molecule is COCC1=C(C(=O)O)N2C(=O)C(NC(=O)C(N)c3cccc(NC(N)=O)c3)[C@H]2SC1. The number of anilines is 1. The lowest BCUT2D eigenvalue weighted by Gasteiger charge is -2.49. The molecule has 11 nitrogen and oxygen atoms in total. The number of hydrogen-bond acceptors (Lipinski definition) is 7. The van der Waals surface area contributed by atoms with Gasteiger partial charge in [-0.3, -0.25) is 14.5 Å². The quantitative estimate of drug-likeness (QED) is 0.358. The molecule has 3 atom stereocenters. The van der Waals surface area contributed by atoms with Crippen LogP contribution in [0.25, 0.3) is 0 Å². The number of ether oxygens (including phenoxy) is 1. The summed E-state index contributed by atoms with van der Waals surface area (Å²) in [5.41, 5.74) is 12.3. The molecule has 1 aromatic carbocycles. The molecule has 1 aromatic rings. The van der Waals surface area contributed by atoms with Gasteiger partial charge in [-0.05, 0) is 23.3 Å². The van der Waals surface area contributed by atoms with E-state index in [1.54, 1.807) is 18.2 Å². The molecular formula is C18H21N5O6S. The van der Waals surface area contributed by atoms with Gasteiger partial charge in [-0.1, -0.05) is 12.1 Å². The molecule has 12 heteroatoms. The summed E-state index contributed by atoms with van der Waals surface area (Å²) in [5.74, 6) is -1.99. The van der Waals surface area contributed by atoms with E-state index in [1.165, 1.54) is 29.8 Å². The highest BCUT2D eigenvalue weighted by Gasteiger charge is 2.54. The summed E-state index contributed by atoms with van der Waals surface area (Å²) >= 11 is 1.34. The fourth-order valence-corrected chi connectivity index (χ4v) is 4.64. The number of fused-ring (bicyclic) bond motifs is 1. The van der Waals surface area contributed by atoms with Crippen LogP contribution in [0.1, 0.15) is 11.6 Å². The number of rotatable bonds is 7. The number of methoxy groups -OCH3 is 1. The third-order valence-electron chi connectivity index (χ3n) is 4.66. The predicted octanol–water partition coefficient (Wildman–Crippen LogP) is -0.438. The zero-order valence-electron chi connectivity index (χ0n) is 16.0. The monoisotopic (exact) mass is 435 g/mol. The Balaban J connectivity index is 1.71. The molecule has 0 aliphatic carbocycles. The van der Waals surface area contributed by atoms with Crippen LogP contribution in [0.2, 0.25) is 0 Å². The summed E-state index contributed by atoms with van der Waals surface area (Å²) in [7, 11) is 1.44. The minimum atomic E-state index is -1.22. The minimum absolute atomic E-state index is 0.0999. The average molecular weight is 435 g/mol. The molecule has 1 saturated heterocycles. The zero-order chi connectivity index (χ0) is 22.0. The summed E-state index contributed by atoms with van der Waals surface area (Å²) in [5, 5.41) is 14.0. The van der Waals surface area contributed by atoms with Crippen LogP contribution in [0.5, 0.6) is 0 Å². The van der Waals surface area contributed by atoms with Crippen LogP contribution < -0.4 is 22.1 Å². The van der Waals surface area contributed by atoms with Crippen LogP contribution >= 0.6 is 11.8 Å². The van der Waals surface area contributed by atoms with Crippen molar-refractivity contribution in [3.05, 3.63) is 41.1 Å². The molecule has 0 radical (unpaired) electrons. The fraction of sp³-hybridized carbons (Fsp3) is 0.333. The van der Waals surface area contributed by atoms with Gasteiger partial charge in [-0.15, -0.1) is 11.8 Å². The van der Waals surface area contributed by atoms with Gasteiger partial charge in [0.1, 0.15) is 23.2 Å². The van der Waals surface area contributed by atoms with Crippen molar-refractivity contribution in [1.29, 1.82) is 0 Å². The van der Waals surface area contributed by atoms with Crippen LogP contribution in [0.15, 0.2) is 35.5 Å². The normalized spacial score (nSPS) is 21.4. The van der Waals surface area contributed by atoms with Gasteiger partial charge in [0.15, 0.2) is 0 Å². The molecule has 160 valence electrons. The number of β-lactam (4-membered cyclic amide) rings is 1. The summed E-state index contributed by atoms with van der Waals surface area (Å²) in [4.78, 5) is 49.0. The second-order valence-electron chi connectivity index (χ2n) is 6.68. The highest BCUT2D eigenvalue weighted by molar-refractivity contribution is 8.00. The molecular weight excluding hydrogens is 414 g/mol.